The molecule has 0 fully saturated rings. The Hall–Kier alpha value is -1.88. The Kier molecular flexibility index (Phi) is 4.96. The maximum Gasteiger partial charge on any atom is 0.252 e. The van der Waals surface area contributed by atoms with Gasteiger partial charge < -0.3 is 15.0 Å². The standard InChI is InChI=1S/C16H22N2O3/c1-11(2)16(20)17-13-7-6-12-5-4-8-18(14(12)9-13)15(19)10-21-3/h6-7,9,11H,4-5,8,10H2,1-3H3,(H,17,20). The number of amides is 2. The van der Waals surface area contributed by atoms with Gasteiger partial charge in [0.2, 0.25) is 5.91 Å². The molecule has 1 aromatic rings. The fraction of sp³-hybridized carbons (Fsp3) is 0.500. The van der Waals surface area contributed by atoms with Crippen LogP contribution in [0.4, 0.5) is 11.4 Å². The van der Waals surface area contributed by atoms with E-state index in [1.54, 1.807) is 4.90 Å². The number of benzene rings is 1. The Morgan fingerprint density at radius 2 is 2.14 bits per heavy atom. The van der Waals surface area contributed by atoms with Crippen LogP contribution in [-0.2, 0) is 20.7 Å². The number of ether oxygens (including phenoxy) is 1. The van der Waals surface area contributed by atoms with Gasteiger partial charge in [0.1, 0.15) is 6.61 Å². The van der Waals surface area contributed by atoms with Crippen LogP contribution in [0, 0.1) is 5.92 Å². The van der Waals surface area contributed by atoms with Crippen LogP contribution in [0.1, 0.15) is 25.8 Å². The molecular weight excluding hydrogens is 268 g/mol. The maximum atomic E-state index is 12.1. The quantitative estimate of drug-likeness (QED) is 0.925. The predicted octanol–water partition coefficient (Wildman–Crippen LogP) is 2.21. The van der Waals surface area contributed by atoms with Crippen molar-refractivity contribution in [3.8, 4) is 0 Å². The monoisotopic (exact) mass is 290 g/mol. The second-order valence-electron chi connectivity index (χ2n) is 5.57. The zero-order valence-corrected chi connectivity index (χ0v) is 12.8. The first kappa shape index (κ1) is 15.5. The Labute approximate surface area is 125 Å². The van der Waals surface area contributed by atoms with Crippen LogP contribution in [0.2, 0.25) is 0 Å². The SMILES string of the molecule is COCC(=O)N1CCCc2ccc(NC(=O)C(C)C)cc21. The molecule has 0 saturated carbocycles. The summed E-state index contributed by atoms with van der Waals surface area (Å²) in [5.74, 6) is -0.154. The number of nitrogens with one attached hydrogen (secondary N) is 1. The average molecular weight is 290 g/mol. The van der Waals surface area contributed by atoms with Crippen molar-refractivity contribution in [2.75, 3.05) is 30.5 Å². The molecule has 1 aliphatic rings. The molecule has 5 nitrogen and oxygen atoms in total. The number of methoxy groups -OCH3 is 1. The van der Waals surface area contributed by atoms with Crippen molar-refractivity contribution in [1.82, 2.24) is 0 Å². The smallest absolute Gasteiger partial charge is 0.252 e. The van der Waals surface area contributed by atoms with Gasteiger partial charge in [-0.3, -0.25) is 9.59 Å². The third-order valence-corrected chi connectivity index (χ3v) is 3.56. The molecule has 2 rings (SSSR count). The molecule has 2 amide bonds. The van der Waals surface area contributed by atoms with Crippen LogP contribution < -0.4 is 10.2 Å². The number of nitrogens with zero attached hydrogens (tertiary/aromatic N) is 1. The van der Waals surface area contributed by atoms with Gasteiger partial charge in [0.05, 0.1) is 0 Å². The summed E-state index contributed by atoms with van der Waals surface area (Å²) >= 11 is 0. The van der Waals surface area contributed by atoms with Gasteiger partial charge in [-0.15, -0.1) is 0 Å². The zero-order valence-electron chi connectivity index (χ0n) is 12.8. The first-order valence-electron chi connectivity index (χ1n) is 7.26. The molecule has 1 aromatic carbocycles. The summed E-state index contributed by atoms with van der Waals surface area (Å²) in [4.78, 5) is 25.6. The van der Waals surface area contributed by atoms with E-state index in [4.69, 9.17) is 4.74 Å². The number of carbonyl (C=O) groups excluding carboxylic acids is 2. The number of anilines is 2. The number of hydrogen-bond donors (Lipinski definition) is 1. The van der Waals surface area contributed by atoms with Crippen molar-refractivity contribution >= 4 is 23.2 Å². The molecule has 5 heteroatoms. The third-order valence-electron chi connectivity index (χ3n) is 3.56. The minimum atomic E-state index is -0.0766. The lowest BCUT2D eigenvalue weighted by atomic mass is 10.0. The molecule has 0 radical (unpaired) electrons. The molecule has 0 unspecified atom stereocenters. The highest BCUT2D eigenvalue weighted by molar-refractivity contribution is 5.97. The van der Waals surface area contributed by atoms with E-state index in [1.807, 2.05) is 32.0 Å². The second-order valence-corrected chi connectivity index (χ2v) is 5.57. The molecule has 21 heavy (non-hydrogen) atoms. The van der Waals surface area contributed by atoms with E-state index < -0.39 is 0 Å². The molecule has 114 valence electrons. The highest BCUT2D eigenvalue weighted by Crippen LogP contribution is 2.30. The van der Waals surface area contributed by atoms with Gasteiger partial charge in [-0.05, 0) is 30.5 Å². The van der Waals surface area contributed by atoms with Crippen LogP contribution in [-0.4, -0.2) is 32.1 Å². The van der Waals surface area contributed by atoms with Gasteiger partial charge in [-0.1, -0.05) is 19.9 Å². The van der Waals surface area contributed by atoms with Crippen LogP contribution in [0.3, 0.4) is 0 Å². The number of rotatable bonds is 4. The van der Waals surface area contributed by atoms with Crippen molar-refractivity contribution in [3.63, 3.8) is 0 Å². The summed E-state index contributed by atoms with van der Waals surface area (Å²) < 4.78 is 4.94. The number of aryl methyl sites for hydroxylation is 1. The highest BCUT2D eigenvalue weighted by atomic mass is 16.5. The highest BCUT2D eigenvalue weighted by Gasteiger charge is 2.23. The zero-order chi connectivity index (χ0) is 15.4. The summed E-state index contributed by atoms with van der Waals surface area (Å²) in [6.45, 7) is 4.46. The minimum Gasteiger partial charge on any atom is -0.375 e. The van der Waals surface area contributed by atoms with E-state index in [2.05, 4.69) is 5.32 Å². The summed E-state index contributed by atoms with van der Waals surface area (Å²) in [5.41, 5.74) is 2.74. The van der Waals surface area contributed by atoms with E-state index in [1.165, 1.54) is 7.11 Å². The van der Waals surface area contributed by atoms with E-state index in [0.29, 0.717) is 6.54 Å². The molecule has 0 bridgehead atoms. The van der Waals surface area contributed by atoms with Crippen molar-refractivity contribution in [2.24, 2.45) is 5.92 Å². The first-order valence-corrected chi connectivity index (χ1v) is 7.26. The first-order chi connectivity index (χ1) is 10.0. The fourth-order valence-electron chi connectivity index (χ4n) is 2.40. The van der Waals surface area contributed by atoms with E-state index in [9.17, 15) is 9.59 Å². The van der Waals surface area contributed by atoms with Crippen molar-refractivity contribution in [1.29, 1.82) is 0 Å². The van der Waals surface area contributed by atoms with E-state index in [0.717, 1.165) is 29.8 Å². The van der Waals surface area contributed by atoms with Crippen LogP contribution in [0.25, 0.3) is 0 Å². The van der Waals surface area contributed by atoms with Crippen molar-refractivity contribution < 1.29 is 14.3 Å². The Bertz CT molecular complexity index is 540. The molecule has 0 aliphatic carbocycles. The molecule has 0 saturated heterocycles. The van der Waals surface area contributed by atoms with Gasteiger partial charge in [-0.25, -0.2) is 0 Å². The molecule has 0 spiro atoms. The Balaban J connectivity index is 2.25. The van der Waals surface area contributed by atoms with Gasteiger partial charge in [0, 0.05) is 30.9 Å². The van der Waals surface area contributed by atoms with Gasteiger partial charge in [-0.2, -0.15) is 0 Å². The number of carbonyl (C=O) groups is 2. The largest absolute Gasteiger partial charge is 0.375 e. The Morgan fingerprint density at radius 3 is 2.81 bits per heavy atom. The summed E-state index contributed by atoms with van der Waals surface area (Å²) in [7, 11) is 1.52. The predicted molar refractivity (Wildman–Crippen MR) is 82.5 cm³/mol. The van der Waals surface area contributed by atoms with Crippen LogP contribution in [0.5, 0.6) is 0 Å². The number of fused-ring (bicyclic) bond motifs is 1. The normalized spacial score (nSPS) is 14.0. The molecule has 1 aliphatic heterocycles. The second kappa shape index (κ2) is 6.72. The van der Waals surface area contributed by atoms with Crippen molar-refractivity contribution in [2.45, 2.75) is 26.7 Å². The summed E-state index contributed by atoms with van der Waals surface area (Å²) in [6.07, 6.45) is 1.89. The lowest BCUT2D eigenvalue weighted by Crippen LogP contribution is -2.37. The van der Waals surface area contributed by atoms with Gasteiger partial charge in [0.25, 0.3) is 5.91 Å². The van der Waals surface area contributed by atoms with Crippen molar-refractivity contribution in [3.05, 3.63) is 23.8 Å². The number of hydrogen-bond acceptors (Lipinski definition) is 3. The average Bonchev–Trinajstić information content (AvgIpc) is 2.46. The van der Waals surface area contributed by atoms with E-state index >= 15 is 0 Å². The van der Waals surface area contributed by atoms with Gasteiger partial charge in [0.15, 0.2) is 0 Å². The molecule has 0 atom stereocenters. The van der Waals surface area contributed by atoms with Crippen LogP contribution >= 0.6 is 0 Å². The molecule has 0 aromatic heterocycles. The fourth-order valence-corrected chi connectivity index (χ4v) is 2.40. The summed E-state index contributed by atoms with van der Waals surface area (Å²) in [5, 5.41) is 2.87. The topological polar surface area (TPSA) is 58.6 Å². The third kappa shape index (κ3) is 3.61. The van der Waals surface area contributed by atoms with E-state index in [-0.39, 0.29) is 24.3 Å². The van der Waals surface area contributed by atoms with Gasteiger partial charge >= 0.3 is 0 Å². The lowest BCUT2D eigenvalue weighted by molar-refractivity contribution is -0.122. The Morgan fingerprint density at radius 1 is 1.38 bits per heavy atom. The molecular formula is C16H22N2O3. The maximum absolute atomic E-state index is 12.1. The minimum absolute atomic E-state index is 0.0273. The van der Waals surface area contributed by atoms with Crippen LogP contribution in [0.15, 0.2) is 18.2 Å². The summed E-state index contributed by atoms with van der Waals surface area (Å²) in [6, 6.07) is 5.75. The molecule has 1 heterocycles. The molecule has 1 N–H and O–H groups in total. The lowest BCUT2D eigenvalue weighted by Gasteiger charge is -2.30.